The molecule has 0 aliphatic heterocycles. The molecule has 1 saturated carbocycles. The Morgan fingerprint density at radius 2 is 1.94 bits per heavy atom. The van der Waals surface area contributed by atoms with Crippen LogP contribution in [0.2, 0.25) is 0 Å². The highest BCUT2D eigenvalue weighted by Crippen LogP contribution is 2.50. The van der Waals surface area contributed by atoms with Gasteiger partial charge in [-0.3, -0.25) is 4.79 Å². The maximum absolute atomic E-state index is 11.6. The monoisotopic (exact) mass is 240 g/mol. The van der Waals surface area contributed by atoms with Crippen LogP contribution in [0.1, 0.15) is 50.5 Å². The second kappa shape index (κ2) is 4.38. The third-order valence-electron chi connectivity index (χ3n) is 4.82. The fourth-order valence-corrected chi connectivity index (χ4v) is 3.46. The van der Waals surface area contributed by atoms with Crippen LogP contribution >= 0.6 is 0 Å². The molecule has 1 aromatic carbocycles. The molecule has 0 saturated heterocycles. The SMILES string of the molecule is C[C@@]12CCC(=O)C=C1C[C@H](c1ccccc1)CC2. The molecule has 1 heteroatoms. The molecular formula is C17H20O. The molecule has 0 heterocycles. The molecule has 18 heavy (non-hydrogen) atoms. The zero-order chi connectivity index (χ0) is 12.6. The van der Waals surface area contributed by atoms with Gasteiger partial charge in [0.15, 0.2) is 5.78 Å². The van der Waals surface area contributed by atoms with E-state index in [0.717, 1.165) is 19.3 Å². The largest absolute Gasteiger partial charge is 0.295 e. The predicted molar refractivity (Wildman–Crippen MR) is 73.5 cm³/mol. The second-order valence-electron chi connectivity index (χ2n) is 6.05. The highest BCUT2D eigenvalue weighted by atomic mass is 16.1. The Bertz CT molecular complexity index is 486. The third-order valence-corrected chi connectivity index (χ3v) is 4.82. The predicted octanol–water partition coefficient (Wildman–Crippen LogP) is 4.25. The van der Waals surface area contributed by atoms with Gasteiger partial charge in [-0.05, 0) is 48.7 Å². The van der Waals surface area contributed by atoms with Crippen LogP contribution in [0.5, 0.6) is 0 Å². The van der Waals surface area contributed by atoms with Crippen molar-refractivity contribution in [2.75, 3.05) is 0 Å². The Kier molecular flexibility index (Phi) is 2.85. The molecule has 0 spiro atoms. The second-order valence-corrected chi connectivity index (χ2v) is 6.05. The van der Waals surface area contributed by atoms with E-state index in [2.05, 4.69) is 37.3 Å². The number of benzene rings is 1. The third kappa shape index (κ3) is 2.03. The fraction of sp³-hybridized carbons (Fsp3) is 0.471. The summed E-state index contributed by atoms with van der Waals surface area (Å²) in [4.78, 5) is 11.6. The van der Waals surface area contributed by atoms with Gasteiger partial charge < -0.3 is 0 Å². The molecule has 2 aliphatic rings. The summed E-state index contributed by atoms with van der Waals surface area (Å²) in [5, 5.41) is 0. The zero-order valence-electron chi connectivity index (χ0n) is 11.0. The van der Waals surface area contributed by atoms with Crippen molar-refractivity contribution in [3.05, 3.63) is 47.5 Å². The molecule has 1 fully saturated rings. The maximum atomic E-state index is 11.6. The van der Waals surface area contributed by atoms with Crippen molar-refractivity contribution in [3.8, 4) is 0 Å². The van der Waals surface area contributed by atoms with Crippen LogP contribution in [0.3, 0.4) is 0 Å². The van der Waals surface area contributed by atoms with Crippen LogP contribution in [-0.2, 0) is 4.79 Å². The number of ketones is 1. The smallest absolute Gasteiger partial charge is 0.155 e. The van der Waals surface area contributed by atoms with Gasteiger partial charge in [0.1, 0.15) is 0 Å². The summed E-state index contributed by atoms with van der Waals surface area (Å²) in [6, 6.07) is 10.7. The first kappa shape index (κ1) is 11.7. The Morgan fingerprint density at radius 1 is 1.17 bits per heavy atom. The van der Waals surface area contributed by atoms with Crippen molar-refractivity contribution in [1.29, 1.82) is 0 Å². The standard InChI is InChI=1S/C17H20O/c1-17-9-7-14(13-5-3-2-4-6-13)11-15(17)12-16(18)8-10-17/h2-6,12,14H,7-11H2,1H3/t14-,17-/m1/s1. The van der Waals surface area contributed by atoms with Gasteiger partial charge in [0.2, 0.25) is 0 Å². The van der Waals surface area contributed by atoms with Crippen LogP contribution < -0.4 is 0 Å². The van der Waals surface area contributed by atoms with E-state index in [0.29, 0.717) is 17.1 Å². The van der Waals surface area contributed by atoms with Crippen molar-refractivity contribution >= 4 is 5.78 Å². The normalized spacial score (nSPS) is 31.7. The molecule has 1 nitrogen and oxygen atoms in total. The number of carbonyl (C=O) groups excluding carboxylic acids is 1. The van der Waals surface area contributed by atoms with E-state index in [9.17, 15) is 4.79 Å². The van der Waals surface area contributed by atoms with E-state index >= 15 is 0 Å². The van der Waals surface area contributed by atoms with Gasteiger partial charge in [-0.25, -0.2) is 0 Å². The molecule has 0 amide bonds. The lowest BCUT2D eigenvalue weighted by Gasteiger charge is -2.42. The number of allylic oxidation sites excluding steroid dienone is 2. The minimum absolute atomic E-state index is 0.305. The van der Waals surface area contributed by atoms with Crippen molar-refractivity contribution in [3.63, 3.8) is 0 Å². The Morgan fingerprint density at radius 3 is 2.72 bits per heavy atom. The van der Waals surface area contributed by atoms with Gasteiger partial charge in [-0.1, -0.05) is 42.8 Å². The maximum Gasteiger partial charge on any atom is 0.155 e. The van der Waals surface area contributed by atoms with E-state index in [1.807, 2.05) is 6.08 Å². The summed E-state index contributed by atoms with van der Waals surface area (Å²) < 4.78 is 0. The first-order chi connectivity index (χ1) is 8.67. The van der Waals surface area contributed by atoms with E-state index in [1.165, 1.54) is 24.0 Å². The summed E-state index contributed by atoms with van der Waals surface area (Å²) in [5.74, 6) is 0.938. The van der Waals surface area contributed by atoms with Gasteiger partial charge in [0.25, 0.3) is 0 Å². The van der Waals surface area contributed by atoms with Crippen LogP contribution in [-0.4, -0.2) is 5.78 Å². The zero-order valence-corrected chi connectivity index (χ0v) is 11.0. The quantitative estimate of drug-likeness (QED) is 0.717. The highest BCUT2D eigenvalue weighted by molar-refractivity contribution is 5.91. The molecule has 2 atom stereocenters. The first-order valence-corrected chi connectivity index (χ1v) is 6.96. The Balaban J connectivity index is 1.86. The molecule has 0 bridgehead atoms. The number of rotatable bonds is 1. The van der Waals surface area contributed by atoms with Crippen molar-refractivity contribution in [1.82, 2.24) is 0 Å². The minimum Gasteiger partial charge on any atom is -0.295 e. The van der Waals surface area contributed by atoms with E-state index in [-0.39, 0.29) is 0 Å². The highest BCUT2D eigenvalue weighted by Gasteiger charge is 2.38. The van der Waals surface area contributed by atoms with Crippen LogP contribution in [0.25, 0.3) is 0 Å². The van der Waals surface area contributed by atoms with Crippen molar-refractivity contribution < 1.29 is 4.79 Å². The molecule has 0 radical (unpaired) electrons. The van der Waals surface area contributed by atoms with E-state index < -0.39 is 0 Å². The van der Waals surface area contributed by atoms with Crippen LogP contribution in [0.15, 0.2) is 42.0 Å². The minimum atomic E-state index is 0.305. The Labute approximate surface area is 109 Å². The molecule has 1 aromatic rings. The molecule has 3 rings (SSSR count). The van der Waals surface area contributed by atoms with Gasteiger partial charge in [-0.15, -0.1) is 0 Å². The Hall–Kier alpha value is -1.37. The summed E-state index contributed by atoms with van der Waals surface area (Å²) >= 11 is 0. The lowest BCUT2D eigenvalue weighted by molar-refractivity contribution is -0.115. The fourth-order valence-electron chi connectivity index (χ4n) is 3.46. The van der Waals surface area contributed by atoms with Gasteiger partial charge in [0, 0.05) is 6.42 Å². The molecule has 0 N–H and O–H groups in total. The molecular weight excluding hydrogens is 220 g/mol. The summed E-state index contributed by atoms with van der Waals surface area (Å²) in [7, 11) is 0. The van der Waals surface area contributed by atoms with E-state index in [1.54, 1.807) is 0 Å². The average molecular weight is 240 g/mol. The van der Waals surface area contributed by atoms with Crippen LogP contribution in [0, 0.1) is 5.41 Å². The van der Waals surface area contributed by atoms with Gasteiger partial charge in [-0.2, -0.15) is 0 Å². The summed E-state index contributed by atoms with van der Waals surface area (Å²) in [6.45, 7) is 2.34. The molecule has 0 unspecified atom stereocenters. The lowest BCUT2D eigenvalue weighted by atomic mass is 9.62. The van der Waals surface area contributed by atoms with Crippen molar-refractivity contribution in [2.45, 2.75) is 44.9 Å². The van der Waals surface area contributed by atoms with Gasteiger partial charge >= 0.3 is 0 Å². The first-order valence-electron chi connectivity index (χ1n) is 6.96. The van der Waals surface area contributed by atoms with Gasteiger partial charge in [0.05, 0.1) is 0 Å². The number of carbonyl (C=O) groups is 1. The topological polar surface area (TPSA) is 17.1 Å². The average Bonchev–Trinajstić information content (AvgIpc) is 2.40. The summed E-state index contributed by atoms with van der Waals surface area (Å²) in [6.07, 6.45) is 7.30. The van der Waals surface area contributed by atoms with Crippen LogP contribution in [0.4, 0.5) is 0 Å². The lowest BCUT2D eigenvalue weighted by Crippen LogP contribution is -2.30. The summed E-state index contributed by atoms with van der Waals surface area (Å²) in [5.41, 5.74) is 3.14. The molecule has 0 aromatic heterocycles. The number of hydrogen-bond donors (Lipinski definition) is 0. The molecule has 2 aliphatic carbocycles. The van der Waals surface area contributed by atoms with E-state index in [4.69, 9.17) is 0 Å². The number of hydrogen-bond acceptors (Lipinski definition) is 1. The number of fused-ring (bicyclic) bond motifs is 1. The van der Waals surface area contributed by atoms with Crippen molar-refractivity contribution in [2.24, 2.45) is 5.41 Å². The molecule has 94 valence electrons.